The van der Waals surface area contributed by atoms with Gasteiger partial charge in [-0.3, -0.25) is 0 Å². The van der Waals surface area contributed by atoms with Crippen LogP contribution in [0.1, 0.15) is 37.3 Å². The standard InChI is InChI=1S/C15H23BrN2O2S/c1-3-6-17-11-13-9-14(16)12(2)15(10-13)21(19,20)18-7-4-5-8-18/h9-10,17H,3-8,11H2,1-2H3. The molecule has 0 spiro atoms. The van der Waals surface area contributed by atoms with Gasteiger partial charge in [0.1, 0.15) is 0 Å². The summed E-state index contributed by atoms with van der Waals surface area (Å²) in [6.07, 6.45) is 2.97. The Bertz CT molecular complexity index is 596. The molecule has 0 saturated carbocycles. The molecule has 1 aliphatic heterocycles. The Balaban J connectivity index is 2.33. The molecule has 2 rings (SSSR count). The maximum atomic E-state index is 12.8. The number of nitrogens with one attached hydrogen (secondary N) is 1. The van der Waals surface area contributed by atoms with Crippen LogP contribution in [-0.2, 0) is 16.6 Å². The Kier molecular flexibility index (Phi) is 5.82. The van der Waals surface area contributed by atoms with E-state index in [0.717, 1.165) is 41.4 Å². The summed E-state index contributed by atoms with van der Waals surface area (Å²) in [5, 5.41) is 3.32. The van der Waals surface area contributed by atoms with Gasteiger partial charge in [0.2, 0.25) is 10.0 Å². The van der Waals surface area contributed by atoms with Gasteiger partial charge in [0, 0.05) is 24.1 Å². The zero-order chi connectivity index (χ0) is 15.5. The average molecular weight is 375 g/mol. The van der Waals surface area contributed by atoms with Gasteiger partial charge in [-0.05, 0) is 56.0 Å². The van der Waals surface area contributed by atoms with Crippen LogP contribution in [0, 0.1) is 6.92 Å². The van der Waals surface area contributed by atoms with Crippen LogP contribution < -0.4 is 5.32 Å². The van der Waals surface area contributed by atoms with Crippen molar-refractivity contribution in [2.75, 3.05) is 19.6 Å². The van der Waals surface area contributed by atoms with E-state index in [4.69, 9.17) is 0 Å². The maximum Gasteiger partial charge on any atom is 0.243 e. The summed E-state index contributed by atoms with van der Waals surface area (Å²) in [4.78, 5) is 0.437. The monoisotopic (exact) mass is 374 g/mol. The first-order valence-corrected chi connectivity index (χ1v) is 9.70. The molecule has 0 aromatic heterocycles. The van der Waals surface area contributed by atoms with Crippen LogP contribution >= 0.6 is 15.9 Å². The van der Waals surface area contributed by atoms with Gasteiger partial charge in [-0.15, -0.1) is 0 Å². The fraction of sp³-hybridized carbons (Fsp3) is 0.600. The van der Waals surface area contributed by atoms with Crippen molar-refractivity contribution < 1.29 is 8.42 Å². The molecule has 1 aromatic carbocycles. The first kappa shape index (κ1) is 16.9. The second-order valence-corrected chi connectivity index (χ2v) is 8.25. The minimum Gasteiger partial charge on any atom is -0.313 e. The van der Waals surface area contributed by atoms with E-state index in [0.29, 0.717) is 24.5 Å². The van der Waals surface area contributed by atoms with Crippen molar-refractivity contribution in [3.63, 3.8) is 0 Å². The molecule has 0 unspecified atom stereocenters. The zero-order valence-electron chi connectivity index (χ0n) is 12.7. The summed E-state index contributed by atoms with van der Waals surface area (Å²) < 4.78 is 28.0. The van der Waals surface area contributed by atoms with Crippen molar-refractivity contribution in [1.29, 1.82) is 0 Å². The SMILES string of the molecule is CCCNCc1cc(Br)c(C)c(S(=O)(=O)N2CCCC2)c1. The molecule has 0 amide bonds. The first-order valence-electron chi connectivity index (χ1n) is 7.46. The van der Waals surface area contributed by atoms with Gasteiger partial charge in [-0.25, -0.2) is 8.42 Å². The highest BCUT2D eigenvalue weighted by molar-refractivity contribution is 9.10. The number of hydrogen-bond donors (Lipinski definition) is 1. The molecular weight excluding hydrogens is 352 g/mol. The molecule has 0 bridgehead atoms. The van der Waals surface area contributed by atoms with Crippen LogP contribution in [0.5, 0.6) is 0 Å². The van der Waals surface area contributed by atoms with Crippen molar-refractivity contribution in [2.45, 2.75) is 44.6 Å². The molecule has 1 heterocycles. The summed E-state index contributed by atoms with van der Waals surface area (Å²) >= 11 is 3.50. The molecule has 21 heavy (non-hydrogen) atoms. The molecule has 0 atom stereocenters. The summed E-state index contributed by atoms with van der Waals surface area (Å²) in [5.41, 5.74) is 1.79. The van der Waals surface area contributed by atoms with Crippen LogP contribution in [-0.4, -0.2) is 32.4 Å². The van der Waals surface area contributed by atoms with Gasteiger partial charge in [0.15, 0.2) is 0 Å². The lowest BCUT2D eigenvalue weighted by molar-refractivity contribution is 0.476. The van der Waals surface area contributed by atoms with Crippen molar-refractivity contribution in [3.8, 4) is 0 Å². The van der Waals surface area contributed by atoms with Crippen LogP contribution in [0.15, 0.2) is 21.5 Å². The fourth-order valence-electron chi connectivity index (χ4n) is 2.55. The number of nitrogens with zero attached hydrogens (tertiary/aromatic N) is 1. The van der Waals surface area contributed by atoms with E-state index in [9.17, 15) is 8.42 Å². The molecule has 1 saturated heterocycles. The quantitative estimate of drug-likeness (QED) is 0.778. The van der Waals surface area contributed by atoms with Gasteiger partial charge in [0.25, 0.3) is 0 Å². The highest BCUT2D eigenvalue weighted by Gasteiger charge is 2.29. The number of benzene rings is 1. The second kappa shape index (κ2) is 7.22. The lowest BCUT2D eigenvalue weighted by Gasteiger charge is -2.19. The fourth-order valence-corrected chi connectivity index (χ4v) is 5.01. The van der Waals surface area contributed by atoms with Crippen LogP contribution in [0.4, 0.5) is 0 Å². The van der Waals surface area contributed by atoms with E-state index in [2.05, 4.69) is 28.2 Å². The van der Waals surface area contributed by atoms with Crippen molar-refractivity contribution >= 4 is 26.0 Å². The first-order chi connectivity index (χ1) is 9.96. The third kappa shape index (κ3) is 3.86. The molecule has 6 heteroatoms. The maximum absolute atomic E-state index is 12.8. The van der Waals surface area contributed by atoms with Gasteiger partial charge in [0.05, 0.1) is 4.90 Å². The van der Waals surface area contributed by atoms with Crippen molar-refractivity contribution in [1.82, 2.24) is 9.62 Å². The molecule has 0 radical (unpaired) electrons. The summed E-state index contributed by atoms with van der Waals surface area (Å²) in [6, 6.07) is 3.82. The summed E-state index contributed by atoms with van der Waals surface area (Å²) in [7, 11) is -3.37. The normalized spacial score (nSPS) is 16.5. The van der Waals surface area contributed by atoms with E-state index >= 15 is 0 Å². The van der Waals surface area contributed by atoms with E-state index in [1.165, 1.54) is 0 Å². The van der Waals surface area contributed by atoms with E-state index < -0.39 is 10.0 Å². The number of rotatable bonds is 6. The lowest BCUT2D eigenvalue weighted by Crippen LogP contribution is -2.28. The third-order valence-corrected chi connectivity index (χ3v) is 6.64. The Hall–Kier alpha value is -0.430. The zero-order valence-corrected chi connectivity index (χ0v) is 15.1. The molecule has 1 N–H and O–H groups in total. The van der Waals surface area contributed by atoms with Gasteiger partial charge in [-0.2, -0.15) is 4.31 Å². The van der Waals surface area contributed by atoms with Crippen LogP contribution in [0.3, 0.4) is 0 Å². The highest BCUT2D eigenvalue weighted by atomic mass is 79.9. The third-order valence-electron chi connectivity index (χ3n) is 3.80. The van der Waals surface area contributed by atoms with Gasteiger partial charge >= 0.3 is 0 Å². The Labute approximate surface area is 136 Å². The Morgan fingerprint density at radius 2 is 1.95 bits per heavy atom. The largest absolute Gasteiger partial charge is 0.313 e. The topological polar surface area (TPSA) is 49.4 Å². The Morgan fingerprint density at radius 1 is 1.29 bits per heavy atom. The van der Waals surface area contributed by atoms with Gasteiger partial charge < -0.3 is 5.32 Å². The predicted octanol–water partition coefficient (Wildman–Crippen LogP) is 3.04. The van der Waals surface area contributed by atoms with E-state index in [1.807, 2.05) is 19.1 Å². The minimum atomic E-state index is -3.37. The minimum absolute atomic E-state index is 0.437. The predicted molar refractivity (Wildman–Crippen MR) is 88.9 cm³/mol. The van der Waals surface area contributed by atoms with Crippen LogP contribution in [0.25, 0.3) is 0 Å². The van der Waals surface area contributed by atoms with Gasteiger partial charge in [-0.1, -0.05) is 22.9 Å². The molecule has 1 aliphatic rings. The van der Waals surface area contributed by atoms with E-state index in [1.54, 1.807) is 4.31 Å². The summed E-state index contributed by atoms with van der Waals surface area (Å²) in [5.74, 6) is 0. The number of halogens is 1. The molecule has 118 valence electrons. The van der Waals surface area contributed by atoms with Crippen LogP contribution in [0.2, 0.25) is 0 Å². The van der Waals surface area contributed by atoms with E-state index in [-0.39, 0.29) is 0 Å². The van der Waals surface area contributed by atoms with Crippen molar-refractivity contribution in [2.24, 2.45) is 0 Å². The molecule has 1 aromatic rings. The summed E-state index contributed by atoms with van der Waals surface area (Å²) in [6.45, 7) is 6.86. The molecule has 1 fully saturated rings. The lowest BCUT2D eigenvalue weighted by atomic mass is 10.1. The highest BCUT2D eigenvalue weighted by Crippen LogP contribution is 2.29. The second-order valence-electron chi connectivity index (χ2n) is 5.49. The Morgan fingerprint density at radius 3 is 2.57 bits per heavy atom. The average Bonchev–Trinajstić information content (AvgIpc) is 2.97. The molecule has 4 nitrogen and oxygen atoms in total. The number of sulfonamides is 1. The smallest absolute Gasteiger partial charge is 0.243 e. The van der Waals surface area contributed by atoms with Crippen molar-refractivity contribution in [3.05, 3.63) is 27.7 Å². The number of hydrogen-bond acceptors (Lipinski definition) is 3. The molecule has 0 aliphatic carbocycles. The molecular formula is C15H23BrN2O2S.